The number of nitrogens with zero attached hydrogens (tertiary/aromatic N) is 5. The summed E-state index contributed by atoms with van der Waals surface area (Å²) in [4.78, 5) is 43.3. The van der Waals surface area contributed by atoms with Crippen molar-refractivity contribution < 1.29 is 28.8 Å². The van der Waals surface area contributed by atoms with Crippen molar-refractivity contribution in [2.75, 3.05) is 33.0 Å². The van der Waals surface area contributed by atoms with Crippen molar-refractivity contribution in [2.24, 2.45) is 0 Å². The lowest BCUT2D eigenvalue weighted by atomic mass is 10.1. The molecular formula is C26H35ClN6O5. The highest BCUT2D eigenvalue weighted by Crippen LogP contribution is 2.23. The van der Waals surface area contributed by atoms with Crippen molar-refractivity contribution in [2.45, 2.75) is 52.6 Å². The van der Waals surface area contributed by atoms with Gasteiger partial charge in [-0.3, -0.25) is 9.59 Å². The number of imidazole rings is 1. The van der Waals surface area contributed by atoms with Gasteiger partial charge in [-0.1, -0.05) is 11.6 Å². The molecule has 0 unspecified atom stereocenters. The Balaban J connectivity index is 0.00000161. The van der Waals surface area contributed by atoms with Crippen LogP contribution in [0.3, 0.4) is 0 Å². The van der Waals surface area contributed by atoms with E-state index in [1.807, 2.05) is 32.3 Å². The summed E-state index contributed by atoms with van der Waals surface area (Å²) in [5.74, 6) is 1.63. The molecule has 3 rings (SSSR count). The van der Waals surface area contributed by atoms with Crippen LogP contribution in [0.5, 0.6) is 5.75 Å². The Bertz CT molecular complexity index is 1260. The summed E-state index contributed by atoms with van der Waals surface area (Å²) in [7, 11) is 3.99. The van der Waals surface area contributed by atoms with Crippen LogP contribution in [-0.4, -0.2) is 64.7 Å². The number of carbonyl (C=O) groups excluding carboxylic acids is 3. The van der Waals surface area contributed by atoms with Crippen LogP contribution in [0.1, 0.15) is 49.4 Å². The van der Waals surface area contributed by atoms with Crippen LogP contribution in [0.25, 0.3) is 11.0 Å². The first-order valence-corrected chi connectivity index (χ1v) is 12.7. The van der Waals surface area contributed by atoms with E-state index in [2.05, 4.69) is 37.8 Å². The lowest BCUT2D eigenvalue weighted by Crippen LogP contribution is -2.37. The number of fused-ring (bicyclic) bond motifs is 1. The van der Waals surface area contributed by atoms with Gasteiger partial charge in [0.15, 0.2) is 28.4 Å². The molecule has 0 spiro atoms. The SMILES string of the molecule is CCn1c(CCC(=O)c2nc(Cl)cnc2N)[n+](CC)c2ccc(OCC(=O)CCCN(C)C)cc21.O=C[O-]. The van der Waals surface area contributed by atoms with Crippen molar-refractivity contribution in [1.29, 1.82) is 0 Å². The second-order valence-electron chi connectivity index (χ2n) is 8.74. The first-order chi connectivity index (χ1) is 18.2. The monoisotopic (exact) mass is 546 g/mol. The molecule has 2 aromatic heterocycles. The van der Waals surface area contributed by atoms with Crippen molar-refractivity contribution in [1.82, 2.24) is 19.4 Å². The Hall–Kier alpha value is -3.57. The summed E-state index contributed by atoms with van der Waals surface area (Å²) < 4.78 is 10.2. The molecule has 0 amide bonds. The second kappa shape index (κ2) is 15.0. The number of carboxylic acid groups (broad SMARTS) is 1. The molecule has 0 radical (unpaired) electrons. The predicted molar refractivity (Wildman–Crippen MR) is 142 cm³/mol. The van der Waals surface area contributed by atoms with E-state index in [0.717, 1.165) is 42.9 Å². The fourth-order valence-corrected chi connectivity index (χ4v) is 4.32. The van der Waals surface area contributed by atoms with E-state index in [1.165, 1.54) is 6.20 Å². The standard InChI is InChI=1S/C25H33ClN6O3.CH2O2/c1-5-31-19-10-9-18(35-16-17(33)8-7-13-30(3)4)14-20(19)32(6-2)23(31)12-11-21(34)24-25(27)28-15-22(26)29-24;2-1-3/h9-10,14-15H,5-8,11-13,16H2,1-4H3,(H-,27,28,34);1H,(H,2,3). The highest BCUT2D eigenvalue weighted by molar-refractivity contribution is 6.29. The van der Waals surface area contributed by atoms with E-state index in [0.29, 0.717) is 18.6 Å². The van der Waals surface area contributed by atoms with Gasteiger partial charge in [0, 0.05) is 25.4 Å². The minimum Gasteiger partial charge on any atom is -0.554 e. The third kappa shape index (κ3) is 8.22. The molecule has 1 aromatic carbocycles. The largest absolute Gasteiger partial charge is 0.554 e. The zero-order valence-corrected chi connectivity index (χ0v) is 23.0. The molecule has 0 saturated heterocycles. The number of anilines is 1. The maximum Gasteiger partial charge on any atom is 0.257 e. The molecule has 2 heterocycles. The fourth-order valence-electron chi connectivity index (χ4n) is 4.19. The van der Waals surface area contributed by atoms with Gasteiger partial charge in [-0.25, -0.2) is 19.1 Å². The number of ether oxygens (including phenoxy) is 1. The minimum atomic E-state index is -0.500. The van der Waals surface area contributed by atoms with Crippen molar-refractivity contribution in [3.8, 4) is 5.75 Å². The predicted octanol–water partition coefficient (Wildman–Crippen LogP) is 1.47. The molecule has 206 valence electrons. The Morgan fingerprint density at radius 2 is 1.97 bits per heavy atom. The summed E-state index contributed by atoms with van der Waals surface area (Å²) in [6.07, 6.45) is 3.37. The molecule has 0 saturated carbocycles. The summed E-state index contributed by atoms with van der Waals surface area (Å²) >= 11 is 5.90. The topological polar surface area (TPSA) is 147 Å². The molecule has 2 N–H and O–H groups in total. The van der Waals surface area contributed by atoms with Crippen molar-refractivity contribution in [3.05, 3.63) is 41.1 Å². The molecule has 0 atom stereocenters. The molecule has 11 nitrogen and oxygen atoms in total. The van der Waals surface area contributed by atoms with Crippen LogP contribution in [0.15, 0.2) is 24.4 Å². The molecule has 0 bridgehead atoms. The Kier molecular flexibility index (Phi) is 12.1. The van der Waals surface area contributed by atoms with E-state index >= 15 is 0 Å². The molecule has 0 aliphatic rings. The zero-order valence-electron chi connectivity index (χ0n) is 22.3. The van der Waals surface area contributed by atoms with E-state index < -0.39 is 6.47 Å². The number of benzene rings is 1. The first-order valence-electron chi connectivity index (χ1n) is 12.4. The van der Waals surface area contributed by atoms with Crippen LogP contribution in [0, 0.1) is 0 Å². The van der Waals surface area contributed by atoms with Crippen LogP contribution in [0.4, 0.5) is 5.82 Å². The number of carbonyl (C=O) groups is 3. The van der Waals surface area contributed by atoms with Crippen molar-refractivity contribution in [3.63, 3.8) is 0 Å². The lowest BCUT2D eigenvalue weighted by Gasteiger charge is -2.09. The van der Waals surface area contributed by atoms with Gasteiger partial charge in [-0.2, -0.15) is 0 Å². The van der Waals surface area contributed by atoms with E-state index in [-0.39, 0.29) is 41.3 Å². The Morgan fingerprint density at radius 1 is 1.26 bits per heavy atom. The van der Waals surface area contributed by atoms with E-state index in [4.69, 9.17) is 32.0 Å². The van der Waals surface area contributed by atoms with Crippen LogP contribution < -0.4 is 20.1 Å². The number of aromatic nitrogens is 4. The third-order valence-corrected chi connectivity index (χ3v) is 6.04. The number of rotatable bonds is 13. The molecule has 0 aliphatic heterocycles. The maximum atomic E-state index is 12.8. The van der Waals surface area contributed by atoms with Gasteiger partial charge < -0.3 is 25.3 Å². The highest BCUT2D eigenvalue weighted by Gasteiger charge is 2.25. The maximum absolute atomic E-state index is 12.8. The number of aryl methyl sites for hydroxylation is 2. The average molecular weight is 547 g/mol. The number of ketones is 2. The van der Waals surface area contributed by atoms with Crippen LogP contribution >= 0.6 is 11.6 Å². The summed E-state index contributed by atoms with van der Waals surface area (Å²) in [6, 6.07) is 5.85. The van der Waals surface area contributed by atoms with Gasteiger partial charge in [0.05, 0.1) is 25.7 Å². The highest BCUT2D eigenvalue weighted by atomic mass is 35.5. The number of hydrogen-bond acceptors (Lipinski definition) is 9. The van der Waals surface area contributed by atoms with Crippen molar-refractivity contribution >= 4 is 46.5 Å². The van der Waals surface area contributed by atoms with E-state index in [1.54, 1.807) is 0 Å². The molecule has 38 heavy (non-hydrogen) atoms. The normalized spacial score (nSPS) is 10.8. The second-order valence-corrected chi connectivity index (χ2v) is 9.12. The molecule has 12 heteroatoms. The van der Waals surface area contributed by atoms with Gasteiger partial charge >= 0.3 is 0 Å². The van der Waals surface area contributed by atoms with Crippen LogP contribution in [0.2, 0.25) is 5.15 Å². The molecule has 3 aromatic rings. The van der Waals surface area contributed by atoms with Gasteiger partial charge in [0.25, 0.3) is 5.82 Å². The summed E-state index contributed by atoms with van der Waals surface area (Å²) in [6.45, 7) is 6.04. The van der Waals surface area contributed by atoms with E-state index in [9.17, 15) is 9.59 Å². The lowest BCUT2D eigenvalue weighted by molar-refractivity contribution is -0.676. The summed E-state index contributed by atoms with van der Waals surface area (Å²) in [5, 5.41) is 8.39. The number of halogens is 1. The fraction of sp³-hybridized carbons (Fsp3) is 0.462. The number of Topliss-reactive ketones (excluding diaryl/α,β-unsaturated/α-hetero) is 2. The minimum absolute atomic E-state index is 0.0585. The molecular weight excluding hydrogens is 512 g/mol. The smallest absolute Gasteiger partial charge is 0.257 e. The number of nitrogen functional groups attached to an aromatic ring is 1. The van der Waals surface area contributed by atoms with Gasteiger partial charge in [-0.05, 0) is 53.0 Å². The first kappa shape index (κ1) is 30.7. The van der Waals surface area contributed by atoms with Crippen LogP contribution in [-0.2, 0) is 29.1 Å². The molecule has 0 aliphatic carbocycles. The quantitative estimate of drug-likeness (QED) is 0.191. The third-order valence-electron chi connectivity index (χ3n) is 5.86. The Labute approximate surface area is 227 Å². The van der Waals surface area contributed by atoms with Gasteiger partial charge in [-0.15, -0.1) is 0 Å². The zero-order chi connectivity index (χ0) is 28.2. The van der Waals surface area contributed by atoms with Gasteiger partial charge in [0.1, 0.15) is 23.2 Å². The molecule has 0 fully saturated rings. The average Bonchev–Trinajstić information content (AvgIpc) is 3.19. The number of nitrogens with two attached hydrogens (primary N) is 1. The Morgan fingerprint density at radius 3 is 2.61 bits per heavy atom. The van der Waals surface area contributed by atoms with Gasteiger partial charge in [0.2, 0.25) is 0 Å². The number of hydrogen-bond donors (Lipinski definition) is 1. The summed E-state index contributed by atoms with van der Waals surface area (Å²) in [5.41, 5.74) is 7.98.